The van der Waals surface area contributed by atoms with Crippen molar-refractivity contribution in [3.8, 4) is 5.69 Å². The van der Waals surface area contributed by atoms with Crippen LogP contribution in [0.1, 0.15) is 55.2 Å². The van der Waals surface area contributed by atoms with Crippen LogP contribution in [0.3, 0.4) is 0 Å². The number of nitrogens with one attached hydrogen (secondary N) is 1. The highest BCUT2D eigenvalue weighted by Crippen LogP contribution is 2.20. The summed E-state index contributed by atoms with van der Waals surface area (Å²) in [5.74, 6) is -0.500. The fraction of sp³-hybridized carbons (Fsp3) is 0.214. The summed E-state index contributed by atoms with van der Waals surface area (Å²) in [6.07, 6.45) is 0.336. The van der Waals surface area contributed by atoms with E-state index in [1.807, 2.05) is 44.2 Å². The summed E-state index contributed by atoms with van der Waals surface area (Å²) in [5, 5.41) is 3.31. The number of Topliss-reactive ketones (excluding diaryl/α,β-unsaturated/α-hetero) is 1. The molecule has 0 bridgehead atoms. The van der Waals surface area contributed by atoms with E-state index in [4.69, 9.17) is 0 Å². The van der Waals surface area contributed by atoms with E-state index >= 15 is 0 Å². The second kappa shape index (κ2) is 9.93. The zero-order valence-corrected chi connectivity index (χ0v) is 19.9. The van der Waals surface area contributed by atoms with Gasteiger partial charge in [-0.1, -0.05) is 61.5 Å². The third-order valence-corrected chi connectivity index (χ3v) is 6.16. The van der Waals surface area contributed by atoms with Crippen molar-refractivity contribution in [2.24, 2.45) is 0 Å². The molecule has 2 atom stereocenters. The summed E-state index contributed by atoms with van der Waals surface area (Å²) in [5.41, 5.74) is 0.851. The Morgan fingerprint density at radius 1 is 0.914 bits per heavy atom. The van der Waals surface area contributed by atoms with Crippen molar-refractivity contribution in [1.82, 2.24) is 14.5 Å². The van der Waals surface area contributed by atoms with Gasteiger partial charge in [-0.2, -0.15) is 0 Å². The summed E-state index contributed by atoms with van der Waals surface area (Å²) >= 11 is 0. The van der Waals surface area contributed by atoms with E-state index in [9.17, 15) is 19.2 Å². The molecule has 7 nitrogen and oxygen atoms in total. The average molecular weight is 470 g/mol. The highest BCUT2D eigenvalue weighted by atomic mass is 16.2. The Labute approximate surface area is 202 Å². The van der Waals surface area contributed by atoms with Gasteiger partial charge in [-0.25, -0.2) is 9.36 Å². The number of aromatic nitrogens is 2. The fourth-order valence-corrected chi connectivity index (χ4v) is 4.30. The van der Waals surface area contributed by atoms with Crippen molar-refractivity contribution < 1.29 is 9.59 Å². The molecule has 0 saturated carbocycles. The number of amides is 1. The Kier molecular flexibility index (Phi) is 6.78. The summed E-state index contributed by atoms with van der Waals surface area (Å²) in [6.45, 7) is 5.13. The molecule has 0 fully saturated rings. The van der Waals surface area contributed by atoms with Crippen molar-refractivity contribution in [2.45, 2.75) is 39.3 Å². The fourth-order valence-electron chi connectivity index (χ4n) is 4.30. The van der Waals surface area contributed by atoms with Crippen LogP contribution < -0.4 is 16.6 Å². The standard InChI is InChI=1S/C28H27N3O4/c1-4-24(26(33)29-18(2)20-11-6-5-7-12-20)31-25-16-9-8-15-23(25)27(34)30(28(31)35)22-14-10-13-21(17-22)19(3)32/h5-18,24H,4H2,1-3H3,(H,29,33)/t18-,24+/m0/s1. The van der Waals surface area contributed by atoms with Crippen LogP contribution in [0.2, 0.25) is 0 Å². The number of hydrogen-bond acceptors (Lipinski definition) is 4. The van der Waals surface area contributed by atoms with Crippen LogP contribution in [0, 0.1) is 0 Å². The molecule has 178 valence electrons. The Morgan fingerprint density at radius 3 is 2.29 bits per heavy atom. The Morgan fingerprint density at radius 2 is 1.60 bits per heavy atom. The number of carbonyl (C=O) groups excluding carboxylic acids is 2. The Hall–Kier alpha value is -4.26. The second-order valence-corrected chi connectivity index (χ2v) is 8.48. The molecule has 4 rings (SSSR count). The van der Waals surface area contributed by atoms with E-state index in [2.05, 4.69) is 5.32 Å². The summed E-state index contributed by atoms with van der Waals surface area (Å²) < 4.78 is 2.41. The monoisotopic (exact) mass is 469 g/mol. The van der Waals surface area contributed by atoms with Crippen molar-refractivity contribution >= 4 is 22.6 Å². The highest BCUT2D eigenvalue weighted by molar-refractivity contribution is 5.94. The SMILES string of the molecule is CC[C@H](C(=O)N[C@@H](C)c1ccccc1)n1c(=O)n(-c2cccc(C(C)=O)c2)c(=O)c2ccccc21. The minimum atomic E-state index is -0.846. The first-order valence-electron chi connectivity index (χ1n) is 11.6. The summed E-state index contributed by atoms with van der Waals surface area (Å²) in [4.78, 5) is 52.5. The number of fused-ring (bicyclic) bond motifs is 1. The van der Waals surface area contributed by atoms with Gasteiger partial charge < -0.3 is 5.32 Å². The van der Waals surface area contributed by atoms with E-state index in [1.54, 1.807) is 42.5 Å². The van der Waals surface area contributed by atoms with Crippen LogP contribution in [-0.4, -0.2) is 20.8 Å². The molecule has 1 heterocycles. The van der Waals surface area contributed by atoms with E-state index in [0.717, 1.165) is 10.1 Å². The van der Waals surface area contributed by atoms with E-state index in [1.165, 1.54) is 17.6 Å². The molecular weight excluding hydrogens is 442 g/mol. The summed E-state index contributed by atoms with van der Waals surface area (Å²) in [6, 6.07) is 21.6. The molecule has 0 radical (unpaired) electrons. The smallest absolute Gasteiger partial charge is 0.336 e. The molecule has 7 heteroatoms. The molecule has 1 N–H and O–H groups in total. The Bertz CT molecular complexity index is 1520. The zero-order valence-electron chi connectivity index (χ0n) is 19.9. The van der Waals surface area contributed by atoms with E-state index < -0.39 is 17.3 Å². The molecule has 0 aliphatic rings. The topological polar surface area (TPSA) is 90.2 Å². The first-order chi connectivity index (χ1) is 16.8. The van der Waals surface area contributed by atoms with E-state index in [-0.39, 0.29) is 23.4 Å². The third-order valence-electron chi connectivity index (χ3n) is 6.16. The van der Waals surface area contributed by atoms with Crippen LogP contribution in [0.4, 0.5) is 0 Å². The van der Waals surface area contributed by atoms with Gasteiger partial charge in [0.25, 0.3) is 5.56 Å². The van der Waals surface area contributed by atoms with Gasteiger partial charge in [0.05, 0.1) is 22.6 Å². The molecule has 35 heavy (non-hydrogen) atoms. The van der Waals surface area contributed by atoms with Gasteiger partial charge in [0.1, 0.15) is 6.04 Å². The number of benzene rings is 3. The van der Waals surface area contributed by atoms with Gasteiger partial charge in [-0.3, -0.25) is 19.0 Å². The maximum Gasteiger partial charge on any atom is 0.336 e. The molecule has 4 aromatic rings. The number of carbonyl (C=O) groups is 2. The molecular formula is C28H27N3O4. The number of para-hydroxylation sites is 1. The maximum atomic E-state index is 13.8. The van der Waals surface area contributed by atoms with Crippen LogP contribution in [0.5, 0.6) is 0 Å². The predicted octanol–water partition coefficient (Wildman–Crippen LogP) is 4.18. The van der Waals surface area contributed by atoms with Crippen molar-refractivity contribution in [2.75, 3.05) is 0 Å². The normalized spacial score (nSPS) is 12.8. The van der Waals surface area contributed by atoms with Gasteiger partial charge >= 0.3 is 5.69 Å². The lowest BCUT2D eigenvalue weighted by molar-refractivity contribution is -0.125. The lowest BCUT2D eigenvalue weighted by Gasteiger charge is -2.24. The van der Waals surface area contributed by atoms with Crippen LogP contribution in [0.15, 0.2) is 88.5 Å². The maximum absolute atomic E-state index is 13.8. The molecule has 1 aromatic heterocycles. The molecule has 1 amide bonds. The zero-order chi connectivity index (χ0) is 25.1. The first kappa shape index (κ1) is 23.9. The second-order valence-electron chi connectivity index (χ2n) is 8.48. The lowest BCUT2D eigenvalue weighted by Crippen LogP contribution is -2.44. The van der Waals surface area contributed by atoms with Crippen LogP contribution in [-0.2, 0) is 4.79 Å². The van der Waals surface area contributed by atoms with Gasteiger partial charge in [0.15, 0.2) is 5.78 Å². The molecule has 0 spiro atoms. The summed E-state index contributed by atoms with van der Waals surface area (Å²) in [7, 11) is 0. The predicted molar refractivity (Wildman–Crippen MR) is 136 cm³/mol. The van der Waals surface area contributed by atoms with Crippen molar-refractivity contribution in [3.63, 3.8) is 0 Å². The highest BCUT2D eigenvalue weighted by Gasteiger charge is 2.26. The molecule has 3 aromatic carbocycles. The first-order valence-corrected chi connectivity index (χ1v) is 11.6. The minimum absolute atomic E-state index is 0.179. The van der Waals surface area contributed by atoms with E-state index in [0.29, 0.717) is 22.9 Å². The molecule has 0 saturated heterocycles. The average Bonchev–Trinajstić information content (AvgIpc) is 2.87. The van der Waals surface area contributed by atoms with Gasteiger partial charge in [-0.15, -0.1) is 0 Å². The molecule has 0 aliphatic heterocycles. The van der Waals surface area contributed by atoms with Gasteiger partial charge in [-0.05, 0) is 50.1 Å². The lowest BCUT2D eigenvalue weighted by atomic mass is 10.1. The minimum Gasteiger partial charge on any atom is -0.348 e. The largest absolute Gasteiger partial charge is 0.348 e. The number of hydrogen-bond donors (Lipinski definition) is 1. The van der Waals surface area contributed by atoms with Gasteiger partial charge in [0, 0.05) is 5.56 Å². The van der Waals surface area contributed by atoms with Crippen molar-refractivity contribution in [1.29, 1.82) is 0 Å². The van der Waals surface area contributed by atoms with Crippen molar-refractivity contribution in [3.05, 3.63) is 111 Å². The van der Waals surface area contributed by atoms with Crippen LogP contribution in [0.25, 0.3) is 16.6 Å². The molecule has 0 aliphatic carbocycles. The van der Waals surface area contributed by atoms with Gasteiger partial charge in [0.2, 0.25) is 5.91 Å². The number of rotatable bonds is 7. The van der Waals surface area contributed by atoms with Crippen LogP contribution >= 0.6 is 0 Å². The third kappa shape index (κ3) is 4.57. The molecule has 0 unspecified atom stereocenters. The number of nitrogens with zero attached hydrogens (tertiary/aromatic N) is 2. The Balaban J connectivity index is 1.89. The quantitative estimate of drug-likeness (QED) is 0.411. The number of ketones is 1.